The van der Waals surface area contributed by atoms with Crippen molar-refractivity contribution in [2.24, 2.45) is 0 Å². The van der Waals surface area contributed by atoms with Crippen molar-refractivity contribution in [1.82, 2.24) is 0 Å². The molecular formula is C24H24P+. The van der Waals surface area contributed by atoms with Gasteiger partial charge in [0.1, 0.15) is 23.2 Å². The molecule has 0 aromatic heterocycles. The summed E-state index contributed by atoms with van der Waals surface area (Å²) in [4.78, 5) is 0. The molecule has 0 N–H and O–H groups in total. The fourth-order valence-electron chi connectivity index (χ4n) is 4.03. The summed E-state index contributed by atoms with van der Waals surface area (Å²) in [6, 6.07) is 33.6. The van der Waals surface area contributed by atoms with Crippen molar-refractivity contribution < 1.29 is 0 Å². The highest BCUT2D eigenvalue weighted by atomic mass is 31.2. The summed E-state index contributed by atoms with van der Waals surface area (Å²) in [5.41, 5.74) is 0. The Bertz CT molecular complexity index is 738. The van der Waals surface area contributed by atoms with Crippen molar-refractivity contribution in [1.29, 1.82) is 0 Å². The Morgan fingerprint density at radius 2 is 0.960 bits per heavy atom. The van der Waals surface area contributed by atoms with E-state index in [1.807, 2.05) is 0 Å². The van der Waals surface area contributed by atoms with E-state index < -0.39 is 7.26 Å². The maximum absolute atomic E-state index is 2.55. The van der Waals surface area contributed by atoms with Gasteiger partial charge in [-0.25, -0.2) is 0 Å². The van der Waals surface area contributed by atoms with Crippen LogP contribution in [0.5, 0.6) is 0 Å². The molecule has 0 unspecified atom stereocenters. The summed E-state index contributed by atoms with van der Waals surface area (Å²) in [6.45, 7) is 0. The lowest BCUT2D eigenvalue weighted by Crippen LogP contribution is -2.32. The van der Waals surface area contributed by atoms with E-state index in [-0.39, 0.29) is 0 Å². The van der Waals surface area contributed by atoms with E-state index in [4.69, 9.17) is 0 Å². The average molecular weight is 343 g/mol. The van der Waals surface area contributed by atoms with Crippen molar-refractivity contribution in [2.75, 3.05) is 0 Å². The Labute approximate surface area is 151 Å². The van der Waals surface area contributed by atoms with Crippen LogP contribution in [0.2, 0.25) is 0 Å². The van der Waals surface area contributed by atoms with E-state index in [0.29, 0.717) is 0 Å². The SMILES string of the molecule is C1=C([P+](c2ccccc2)(c2ccccc2)c2ccccc2)CCCC1. The molecule has 0 bridgehead atoms. The molecule has 0 spiro atoms. The van der Waals surface area contributed by atoms with Crippen LogP contribution in [0.3, 0.4) is 0 Å². The lowest BCUT2D eigenvalue weighted by Gasteiger charge is -2.31. The smallest absolute Gasteiger partial charge is 0.0620 e. The van der Waals surface area contributed by atoms with Crippen LogP contribution in [0.25, 0.3) is 0 Å². The van der Waals surface area contributed by atoms with Gasteiger partial charge in [-0.05, 0) is 61.7 Å². The summed E-state index contributed by atoms with van der Waals surface area (Å²) in [5.74, 6) is 0. The van der Waals surface area contributed by atoms with Crippen molar-refractivity contribution >= 4 is 23.2 Å². The molecule has 4 rings (SSSR count). The van der Waals surface area contributed by atoms with Gasteiger partial charge in [0, 0.05) is 6.42 Å². The Morgan fingerprint density at radius 3 is 1.32 bits per heavy atom. The van der Waals surface area contributed by atoms with Crippen LogP contribution in [-0.4, -0.2) is 0 Å². The van der Waals surface area contributed by atoms with Crippen LogP contribution in [0, 0.1) is 0 Å². The van der Waals surface area contributed by atoms with E-state index in [0.717, 1.165) is 0 Å². The lowest BCUT2D eigenvalue weighted by atomic mass is 10.1. The minimum absolute atomic E-state index is 1.21. The molecule has 0 atom stereocenters. The molecule has 0 saturated carbocycles. The Kier molecular flexibility index (Phi) is 4.81. The zero-order chi connectivity index (χ0) is 17.0. The third kappa shape index (κ3) is 2.96. The van der Waals surface area contributed by atoms with Crippen LogP contribution in [-0.2, 0) is 0 Å². The van der Waals surface area contributed by atoms with Crippen molar-refractivity contribution in [3.63, 3.8) is 0 Å². The van der Waals surface area contributed by atoms with Crippen LogP contribution < -0.4 is 15.9 Å². The lowest BCUT2D eigenvalue weighted by molar-refractivity contribution is 0.722. The third-order valence-corrected chi connectivity index (χ3v) is 9.61. The van der Waals surface area contributed by atoms with Crippen molar-refractivity contribution in [2.45, 2.75) is 25.7 Å². The van der Waals surface area contributed by atoms with Crippen molar-refractivity contribution in [3.05, 3.63) is 102 Å². The summed E-state index contributed by atoms with van der Waals surface area (Å²) in [7, 11) is -1.77. The average Bonchev–Trinajstić information content (AvgIpc) is 2.72. The van der Waals surface area contributed by atoms with E-state index in [1.54, 1.807) is 5.31 Å². The molecular weight excluding hydrogens is 319 g/mol. The molecule has 3 aromatic carbocycles. The van der Waals surface area contributed by atoms with E-state index in [2.05, 4.69) is 97.1 Å². The van der Waals surface area contributed by atoms with Gasteiger partial charge in [0.25, 0.3) is 0 Å². The Balaban J connectivity index is 2.06. The summed E-state index contributed by atoms with van der Waals surface area (Å²) < 4.78 is 0. The molecule has 1 aliphatic carbocycles. The van der Waals surface area contributed by atoms with Gasteiger partial charge in [0.15, 0.2) is 0 Å². The van der Waals surface area contributed by atoms with Gasteiger partial charge in [-0.2, -0.15) is 0 Å². The van der Waals surface area contributed by atoms with Crippen LogP contribution in [0.1, 0.15) is 25.7 Å². The predicted molar refractivity (Wildman–Crippen MR) is 112 cm³/mol. The van der Waals surface area contributed by atoms with Gasteiger partial charge in [-0.1, -0.05) is 54.6 Å². The van der Waals surface area contributed by atoms with E-state index in [9.17, 15) is 0 Å². The largest absolute Gasteiger partial charge is 0.139 e. The maximum atomic E-state index is 2.55. The molecule has 0 saturated heterocycles. The molecule has 0 radical (unpaired) electrons. The van der Waals surface area contributed by atoms with Gasteiger partial charge >= 0.3 is 0 Å². The molecule has 25 heavy (non-hydrogen) atoms. The first-order valence-electron chi connectivity index (χ1n) is 9.18. The summed E-state index contributed by atoms with van der Waals surface area (Å²) >= 11 is 0. The molecule has 0 amide bonds. The molecule has 124 valence electrons. The minimum atomic E-state index is -1.77. The molecule has 0 nitrogen and oxygen atoms in total. The molecule has 0 aliphatic heterocycles. The van der Waals surface area contributed by atoms with Crippen LogP contribution >= 0.6 is 7.26 Å². The monoisotopic (exact) mass is 343 g/mol. The molecule has 1 heteroatoms. The standard InChI is InChI=1S/C24H24P/c1-5-13-21(14-6-1)25(22-15-7-2-8-16-22,23-17-9-3-10-18-23)24-19-11-4-12-20-24/h1-3,5-10,13-19H,4,11-12,20H2/q+1. The second kappa shape index (κ2) is 7.38. The van der Waals surface area contributed by atoms with E-state index in [1.165, 1.54) is 41.6 Å². The van der Waals surface area contributed by atoms with Gasteiger partial charge < -0.3 is 0 Å². The zero-order valence-corrected chi connectivity index (χ0v) is 15.4. The second-order valence-electron chi connectivity index (χ2n) is 6.62. The topological polar surface area (TPSA) is 0 Å². The Hall–Kier alpha value is -2.17. The third-order valence-electron chi connectivity index (χ3n) is 5.13. The normalized spacial score (nSPS) is 14.8. The highest BCUT2D eigenvalue weighted by Crippen LogP contribution is 2.64. The maximum Gasteiger partial charge on any atom is 0.139 e. The van der Waals surface area contributed by atoms with Crippen LogP contribution in [0.4, 0.5) is 0 Å². The zero-order valence-electron chi connectivity index (χ0n) is 14.5. The minimum Gasteiger partial charge on any atom is -0.0620 e. The molecule has 1 aliphatic rings. The molecule has 3 aromatic rings. The predicted octanol–water partition coefficient (Wildman–Crippen LogP) is 5.44. The Morgan fingerprint density at radius 1 is 0.520 bits per heavy atom. The van der Waals surface area contributed by atoms with Gasteiger partial charge in [0.05, 0.1) is 5.31 Å². The van der Waals surface area contributed by atoms with Gasteiger partial charge in [0.2, 0.25) is 0 Å². The van der Waals surface area contributed by atoms with Crippen LogP contribution in [0.15, 0.2) is 102 Å². The summed E-state index contributed by atoms with van der Waals surface area (Å²) in [5, 5.41) is 6.07. The molecule has 0 fully saturated rings. The quantitative estimate of drug-likeness (QED) is 0.554. The first-order valence-corrected chi connectivity index (χ1v) is 11.0. The summed E-state index contributed by atoms with van der Waals surface area (Å²) in [6.07, 6.45) is 7.60. The highest BCUT2D eigenvalue weighted by Gasteiger charge is 2.49. The number of hydrogen-bond donors (Lipinski definition) is 0. The van der Waals surface area contributed by atoms with E-state index >= 15 is 0 Å². The van der Waals surface area contributed by atoms with Crippen molar-refractivity contribution in [3.8, 4) is 0 Å². The number of rotatable bonds is 4. The first-order chi connectivity index (χ1) is 12.4. The number of allylic oxidation sites excluding steroid dienone is 2. The van der Waals surface area contributed by atoms with Gasteiger partial charge in [-0.15, -0.1) is 0 Å². The highest BCUT2D eigenvalue weighted by molar-refractivity contribution is 7.99. The number of benzene rings is 3. The molecule has 0 heterocycles. The fourth-order valence-corrected chi connectivity index (χ4v) is 8.67. The second-order valence-corrected chi connectivity index (χ2v) is 10.1. The van der Waals surface area contributed by atoms with Gasteiger partial charge in [-0.3, -0.25) is 0 Å². The fraction of sp³-hybridized carbons (Fsp3) is 0.167. The number of hydrogen-bond acceptors (Lipinski definition) is 0. The first kappa shape index (κ1) is 16.3.